The average Bonchev–Trinajstić information content (AvgIpc) is 2.64. The number of benzene rings is 1. The van der Waals surface area contributed by atoms with Crippen LogP contribution >= 0.6 is 11.6 Å². The van der Waals surface area contributed by atoms with Crippen LogP contribution in [0.3, 0.4) is 0 Å². The lowest BCUT2D eigenvalue weighted by molar-refractivity contribution is 0.0772. The van der Waals surface area contributed by atoms with Crippen LogP contribution in [0, 0.1) is 0 Å². The molecule has 1 heterocycles. The highest BCUT2D eigenvalue weighted by molar-refractivity contribution is 6.30. The van der Waals surface area contributed by atoms with E-state index < -0.39 is 0 Å². The normalized spacial score (nSPS) is 10.4. The van der Waals surface area contributed by atoms with Gasteiger partial charge in [0.15, 0.2) is 0 Å². The molecule has 0 atom stereocenters. The molecule has 0 spiro atoms. The van der Waals surface area contributed by atoms with Gasteiger partial charge in [0.1, 0.15) is 0 Å². The number of pyridine rings is 1. The number of hydrogen-bond donors (Lipinski definition) is 1. The van der Waals surface area contributed by atoms with Gasteiger partial charge in [-0.15, -0.1) is 0 Å². The largest absolute Gasteiger partial charge is 0.352 e. The lowest BCUT2D eigenvalue weighted by Crippen LogP contribution is -2.31. The summed E-state index contributed by atoms with van der Waals surface area (Å²) in [6, 6.07) is 9.10. The predicted octanol–water partition coefficient (Wildman–Crippen LogP) is 3.19. The number of nitrogens with zero attached hydrogens (tertiary/aromatic N) is 2. The van der Waals surface area contributed by atoms with Crippen molar-refractivity contribution in [2.24, 2.45) is 0 Å². The minimum atomic E-state index is -0.240. The van der Waals surface area contributed by atoms with Gasteiger partial charge < -0.3 is 10.2 Å². The van der Waals surface area contributed by atoms with E-state index in [9.17, 15) is 9.59 Å². The Morgan fingerprint density at radius 1 is 1.08 bits per heavy atom. The highest BCUT2D eigenvalue weighted by atomic mass is 35.5. The average molecular weight is 360 g/mol. The van der Waals surface area contributed by atoms with Crippen LogP contribution in [0.4, 0.5) is 0 Å². The van der Waals surface area contributed by atoms with Crippen molar-refractivity contribution in [1.29, 1.82) is 0 Å². The first kappa shape index (κ1) is 18.9. The lowest BCUT2D eigenvalue weighted by Gasteiger charge is -2.18. The molecule has 0 fully saturated rings. The van der Waals surface area contributed by atoms with Crippen molar-refractivity contribution >= 4 is 23.4 Å². The summed E-state index contributed by atoms with van der Waals surface area (Å²) in [5.41, 5.74) is 1.90. The molecule has 25 heavy (non-hydrogen) atoms. The van der Waals surface area contributed by atoms with Gasteiger partial charge in [0.25, 0.3) is 11.8 Å². The molecule has 2 aromatic rings. The monoisotopic (exact) mass is 359 g/mol. The highest BCUT2D eigenvalue weighted by Crippen LogP contribution is 2.10. The fourth-order valence-corrected chi connectivity index (χ4v) is 2.57. The summed E-state index contributed by atoms with van der Waals surface area (Å²) in [5, 5.41) is 3.54. The van der Waals surface area contributed by atoms with Crippen molar-refractivity contribution in [2.75, 3.05) is 19.6 Å². The maximum absolute atomic E-state index is 12.4. The Morgan fingerprint density at radius 2 is 1.72 bits per heavy atom. The number of amides is 2. The molecule has 2 amide bonds. The van der Waals surface area contributed by atoms with Gasteiger partial charge in [-0.2, -0.15) is 0 Å². The van der Waals surface area contributed by atoms with Gasteiger partial charge in [0, 0.05) is 37.1 Å². The Bertz CT molecular complexity index is 728. The van der Waals surface area contributed by atoms with E-state index in [-0.39, 0.29) is 11.8 Å². The molecule has 1 N–H and O–H groups in total. The van der Waals surface area contributed by atoms with E-state index in [2.05, 4.69) is 10.3 Å². The molecule has 6 heteroatoms. The number of hydrogen-bond acceptors (Lipinski definition) is 3. The predicted molar refractivity (Wildman–Crippen MR) is 99.0 cm³/mol. The summed E-state index contributed by atoms with van der Waals surface area (Å²) in [6.07, 6.45) is 3.66. The molecule has 0 aliphatic rings. The second-order valence-corrected chi connectivity index (χ2v) is 6.01. The van der Waals surface area contributed by atoms with Crippen LogP contribution < -0.4 is 5.32 Å². The first-order valence-corrected chi connectivity index (χ1v) is 8.70. The topological polar surface area (TPSA) is 62.3 Å². The maximum atomic E-state index is 12.4. The Kier molecular flexibility index (Phi) is 6.95. The van der Waals surface area contributed by atoms with E-state index in [1.54, 1.807) is 11.0 Å². The van der Waals surface area contributed by atoms with Gasteiger partial charge in [0.2, 0.25) is 0 Å². The fraction of sp³-hybridized carbons (Fsp3) is 0.316. The van der Waals surface area contributed by atoms with Crippen molar-refractivity contribution in [2.45, 2.75) is 20.3 Å². The molecule has 0 saturated heterocycles. The van der Waals surface area contributed by atoms with E-state index in [0.717, 1.165) is 5.56 Å². The third-order valence-corrected chi connectivity index (χ3v) is 4.16. The van der Waals surface area contributed by atoms with Crippen molar-refractivity contribution in [1.82, 2.24) is 15.2 Å². The first-order chi connectivity index (χ1) is 12.0. The van der Waals surface area contributed by atoms with E-state index in [1.807, 2.05) is 38.1 Å². The van der Waals surface area contributed by atoms with Crippen molar-refractivity contribution < 1.29 is 9.59 Å². The van der Waals surface area contributed by atoms with Crippen LogP contribution in [-0.4, -0.2) is 41.3 Å². The molecule has 2 rings (SSSR count). The molecule has 132 valence electrons. The highest BCUT2D eigenvalue weighted by Gasteiger charge is 2.15. The standard InChI is InChI=1S/C19H22ClN3O2/c1-3-23(4-2)19(25)16-11-15(12-21-13-16)18(24)22-10-9-14-5-7-17(20)8-6-14/h5-8,11-13H,3-4,9-10H2,1-2H3,(H,22,24). The molecule has 0 radical (unpaired) electrons. The lowest BCUT2D eigenvalue weighted by atomic mass is 10.1. The summed E-state index contributed by atoms with van der Waals surface area (Å²) in [5.74, 6) is -0.357. The van der Waals surface area contributed by atoms with Gasteiger partial charge in [-0.25, -0.2) is 0 Å². The Morgan fingerprint density at radius 3 is 2.36 bits per heavy atom. The van der Waals surface area contributed by atoms with Gasteiger partial charge in [-0.3, -0.25) is 14.6 Å². The number of carbonyl (C=O) groups excluding carboxylic acids is 2. The second-order valence-electron chi connectivity index (χ2n) is 5.57. The third-order valence-electron chi connectivity index (χ3n) is 3.91. The quantitative estimate of drug-likeness (QED) is 0.825. The summed E-state index contributed by atoms with van der Waals surface area (Å²) < 4.78 is 0. The van der Waals surface area contributed by atoms with E-state index >= 15 is 0 Å². The van der Waals surface area contributed by atoms with Gasteiger partial charge in [-0.1, -0.05) is 23.7 Å². The molecule has 0 aliphatic carbocycles. The van der Waals surface area contributed by atoms with E-state index in [4.69, 9.17) is 11.6 Å². The number of aromatic nitrogens is 1. The van der Waals surface area contributed by atoms with Crippen molar-refractivity contribution in [3.05, 3.63) is 64.4 Å². The number of rotatable bonds is 7. The zero-order valence-corrected chi connectivity index (χ0v) is 15.2. The van der Waals surface area contributed by atoms with Crippen LogP contribution in [0.25, 0.3) is 0 Å². The van der Waals surface area contributed by atoms with Crippen LogP contribution in [0.15, 0.2) is 42.7 Å². The van der Waals surface area contributed by atoms with Crippen LogP contribution in [0.5, 0.6) is 0 Å². The minimum absolute atomic E-state index is 0.117. The fourth-order valence-electron chi connectivity index (χ4n) is 2.45. The van der Waals surface area contributed by atoms with E-state index in [1.165, 1.54) is 12.4 Å². The molecule has 1 aromatic carbocycles. The summed E-state index contributed by atoms with van der Waals surface area (Å²) in [6.45, 7) is 5.57. The summed E-state index contributed by atoms with van der Waals surface area (Å²) >= 11 is 5.85. The smallest absolute Gasteiger partial charge is 0.255 e. The van der Waals surface area contributed by atoms with E-state index in [0.29, 0.717) is 42.2 Å². The third kappa shape index (κ3) is 5.29. The van der Waals surface area contributed by atoms with Gasteiger partial charge in [0.05, 0.1) is 11.1 Å². The molecule has 5 nitrogen and oxygen atoms in total. The number of nitrogens with one attached hydrogen (secondary N) is 1. The zero-order chi connectivity index (χ0) is 18.2. The Balaban J connectivity index is 1.96. The summed E-state index contributed by atoms with van der Waals surface area (Å²) in [7, 11) is 0. The summed E-state index contributed by atoms with van der Waals surface area (Å²) in [4.78, 5) is 30.4. The van der Waals surface area contributed by atoms with Gasteiger partial charge >= 0.3 is 0 Å². The molecule has 0 saturated carbocycles. The van der Waals surface area contributed by atoms with Gasteiger partial charge in [-0.05, 0) is 44.0 Å². The maximum Gasteiger partial charge on any atom is 0.255 e. The Labute approximate surface area is 153 Å². The minimum Gasteiger partial charge on any atom is -0.352 e. The van der Waals surface area contributed by atoms with Crippen molar-refractivity contribution in [3.63, 3.8) is 0 Å². The molecule has 0 aliphatic heterocycles. The molecular weight excluding hydrogens is 338 g/mol. The van der Waals surface area contributed by atoms with Crippen molar-refractivity contribution in [3.8, 4) is 0 Å². The molecule has 0 bridgehead atoms. The Hall–Kier alpha value is -2.40. The molecule has 0 unspecified atom stereocenters. The first-order valence-electron chi connectivity index (χ1n) is 8.32. The van der Waals surface area contributed by atoms with Crippen LogP contribution in [0.2, 0.25) is 5.02 Å². The number of carbonyl (C=O) groups is 2. The zero-order valence-electron chi connectivity index (χ0n) is 14.5. The second kappa shape index (κ2) is 9.18. The number of halogens is 1. The molecule has 1 aromatic heterocycles. The van der Waals surface area contributed by atoms with Crippen LogP contribution in [-0.2, 0) is 6.42 Å². The SMILES string of the molecule is CCN(CC)C(=O)c1cncc(C(=O)NCCc2ccc(Cl)cc2)c1. The van der Waals surface area contributed by atoms with Crippen LogP contribution in [0.1, 0.15) is 40.1 Å². The molecular formula is C19H22ClN3O2.